The number of imide groups is 1. The molecule has 25 heavy (non-hydrogen) atoms. The van der Waals surface area contributed by atoms with Crippen molar-refractivity contribution < 1.29 is 23.6 Å². The molecule has 130 valence electrons. The first kappa shape index (κ1) is 16.7. The molecule has 0 bridgehead atoms. The zero-order chi connectivity index (χ0) is 18.0. The molecule has 1 aliphatic rings. The monoisotopic (exact) mass is 343 g/mol. The van der Waals surface area contributed by atoms with Gasteiger partial charge in [0, 0.05) is 6.07 Å². The summed E-state index contributed by atoms with van der Waals surface area (Å²) in [5, 5.41) is 6.33. The lowest BCUT2D eigenvalue weighted by Gasteiger charge is -2.21. The minimum atomic E-state index is -1.21. The maximum absolute atomic E-state index is 12.7. The molecule has 1 N–H and O–H groups in total. The Balaban J connectivity index is 1.65. The van der Waals surface area contributed by atoms with Crippen LogP contribution in [-0.4, -0.2) is 34.5 Å². The first-order valence-corrected chi connectivity index (χ1v) is 7.67. The number of nitrogens with zero attached hydrogens (tertiary/aromatic N) is 2. The molecule has 0 unspecified atom stereocenters. The Morgan fingerprint density at radius 3 is 2.68 bits per heavy atom. The average molecular weight is 343 g/mol. The van der Waals surface area contributed by atoms with Crippen molar-refractivity contribution in [1.82, 2.24) is 15.4 Å². The second-order valence-electron chi connectivity index (χ2n) is 5.90. The Bertz CT molecular complexity index is 817. The fourth-order valence-corrected chi connectivity index (χ4v) is 2.62. The summed E-state index contributed by atoms with van der Waals surface area (Å²) >= 11 is 0. The second kappa shape index (κ2) is 6.39. The van der Waals surface area contributed by atoms with Crippen LogP contribution in [0.15, 0.2) is 40.9 Å². The smallest absolute Gasteiger partial charge is 0.326 e. The van der Waals surface area contributed by atoms with E-state index in [2.05, 4.69) is 10.5 Å². The van der Waals surface area contributed by atoms with E-state index in [0.717, 1.165) is 4.90 Å². The topological polar surface area (TPSA) is 102 Å². The van der Waals surface area contributed by atoms with Crippen LogP contribution in [0.2, 0.25) is 0 Å². The predicted octanol–water partition coefficient (Wildman–Crippen LogP) is 1.49. The molecule has 8 heteroatoms. The number of benzene rings is 1. The number of amides is 3. The molecule has 1 aromatic carbocycles. The van der Waals surface area contributed by atoms with Gasteiger partial charge in [-0.15, -0.1) is 0 Å². The fraction of sp³-hybridized carbons (Fsp3) is 0.294. The highest BCUT2D eigenvalue weighted by atomic mass is 16.5. The van der Waals surface area contributed by atoms with E-state index < -0.39 is 30.0 Å². The fourth-order valence-electron chi connectivity index (χ4n) is 2.62. The van der Waals surface area contributed by atoms with Crippen LogP contribution >= 0.6 is 0 Å². The minimum Gasteiger partial charge on any atom is -0.458 e. The quantitative estimate of drug-likeness (QED) is 0.652. The molecule has 3 amide bonds. The Kier molecular flexibility index (Phi) is 4.26. The summed E-state index contributed by atoms with van der Waals surface area (Å²) in [7, 11) is 0. The van der Waals surface area contributed by atoms with Gasteiger partial charge in [-0.2, -0.15) is 0 Å². The largest absolute Gasteiger partial charge is 0.458 e. The van der Waals surface area contributed by atoms with Crippen molar-refractivity contribution in [3.8, 4) is 0 Å². The minimum absolute atomic E-state index is 0.0875. The highest BCUT2D eigenvalue weighted by Gasteiger charge is 2.49. The van der Waals surface area contributed by atoms with Crippen molar-refractivity contribution in [1.29, 1.82) is 0 Å². The Labute approximate surface area is 143 Å². The number of nitrogens with one attached hydrogen (secondary N) is 1. The number of hydrogen-bond acceptors (Lipinski definition) is 6. The van der Waals surface area contributed by atoms with Crippen LogP contribution in [-0.2, 0) is 26.5 Å². The number of carbonyl (C=O) groups is 3. The molecule has 2 heterocycles. The van der Waals surface area contributed by atoms with Gasteiger partial charge in [0.05, 0.1) is 0 Å². The van der Waals surface area contributed by atoms with Gasteiger partial charge < -0.3 is 14.6 Å². The molecule has 1 aromatic heterocycles. The highest BCUT2D eigenvalue weighted by molar-refractivity contribution is 6.08. The molecule has 0 radical (unpaired) electrons. The second-order valence-corrected chi connectivity index (χ2v) is 5.90. The third-order valence-corrected chi connectivity index (χ3v) is 3.97. The third-order valence-electron chi connectivity index (χ3n) is 3.97. The van der Waals surface area contributed by atoms with Gasteiger partial charge >= 0.3 is 12.0 Å². The molecule has 3 rings (SSSR count). The SMILES string of the molecule is Cc1cc(COC(=O)CN2C(=O)N[C@](C)(c3ccccc3)C2=O)no1. The summed E-state index contributed by atoms with van der Waals surface area (Å²) < 4.78 is 9.91. The van der Waals surface area contributed by atoms with Gasteiger partial charge in [-0.1, -0.05) is 35.5 Å². The van der Waals surface area contributed by atoms with Crippen LogP contribution in [0.5, 0.6) is 0 Å². The molecule has 0 spiro atoms. The summed E-state index contributed by atoms with van der Waals surface area (Å²) in [6.45, 7) is 2.77. The van der Waals surface area contributed by atoms with Gasteiger partial charge in [0.2, 0.25) is 0 Å². The predicted molar refractivity (Wildman–Crippen MR) is 85.1 cm³/mol. The van der Waals surface area contributed by atoms with Crippen molar-refractivity contribution in [2.45, 2.75) is 26.0 Å². The number of ether oxygens (including phenoxy) is 1. The summed E-state index contributed by atoms with van der Waals surface area (Å²) in [5.74, 6) is -0.613. The maximum Gasteiger partial charge on any atom is 0.326 e. The standard InChI is InChI=1S/C17H17N3O5/c1-11-8-13(19-25-11)10-24-14(21)9-20-15(22)17(2,18-16(20)23)12-6-4-3-5-7-12/h3-8H,9-10H2,1-2H3,(H,18,23)/t17-/m1/s1. The van der Waals surface area contributed by atoms with E-state index >= 15 is 0 Å². The van der Waals surface area contributed by atoms with Crippen molar-refractivity contribution in [2.75, 3.05) is 6.54 Å². The number of urea groups is 1. The molecule has 2 aromatic rings. The summed E-state index contributed by atoms with van der Waals surface area (Å²) in [5.41, 5.74) is -0.110. The number of hydrogen-bond donors (Lipinski definition) is 1. The van der Waals surface area contributed by atoms with Crippen LogP contribution in [0.3, 0.4) is 0 Å². The van der Waals surface area contributed by atoms with Gasteiger partial charge in [-0.25, -0.2) is 4.79 Å². The lowest BCUT2D eigenvalue weighted by atomic mass is 9.92. The number of rotatable bonds is 5. The summed E-state index contributed by atoms with van der Waals surface area (Å²) in [6, 6.07) is 9.85. The van der Waals surface area contributed by atoms with Crippen molar-refractivity contribution >= 4 is 17.9 Å². The van der Waals surface area contributed by atoms with Gasteiger partial charge in [0.1, 0.15) is 30.1 Å². The van der Waals surface area contributed by atoms with Crippen molar-refractivity contribution in [3.05, 3.63) is 53.4 Å². The Hall–Kier alpha value is -3.16. The van der Waals surface area contributed by atoms with E-state index in [1.807, 2.05) is 6.07 Å². The normalized spacial score (nSPS) is 19.8. The van der Waals surface area contributed by atoms with Crippen LogP contribution < -0.4 is 5.32 Å². The van der Waals surface area contributed by atoms with Crippen LogP contribution in [0.25, 0.3) is 0 Å². The molecular weight excluding hydrogens is 326 g/mol. The maximum atomic E-state index is 12.7. The van der Waals surface area contributed by atoms with Gasteiger partial charge in [-0.05, 0) is 19.4 Å². The molecule has 0 saturated carbocycles. The van der Waals surface area contributed by atoms with E-state index in [-0.39, 0.29) is 6.61 Å². The van der Waals surface area contributed by atoms with E-state index in [9.17, 15) is 14.4 Å². The summed E-state index contributed by atoms with van der Waals surface area (Å²) in [4.78, 5) is 37.6. The number of aromatic nitrogens is 1. The zero-order valence-corrected chi connectivity index (χ0v) is 13.8. The third kappa shape index (κ3) is 3.23. The zero-order valence-electron chi connectivity index (χ0n) is 13.8. The molecule has 0 aliphatic carbocycles. The van der Waals surface area contributed by atoms with Crippen molar-refractivity contribution in [3.63, 3.8) is 0 Å². The van der Waals surface area contributed by atoms with Crippen LogP contribution in [0.1, 0.15) is 23.9 Å². The number of aryl methyl sites for hydroxylation is 1. The molecule has 1 fully saturated rings. The molecular formula is C17H17N3O5. The lowest BCUT2D eigenvalue weighted by Crippen LogP contribution is -2.41. The summed E-state index contributed by atoms with van der Waals surface area (Å²) in [6.07, 6.45) is 0. The van der Waals surface area contributed by atoms with Gasteiger partial charge in [0.15, 0.2) is 0 Å². The van der Waals surface area contributed by atoms with E-state index in [4.69, 9.17) is 9.26 Å². The van der Waals surface area contributed by atoms with E-state index in [1.165, 1.54) is 0 Å². The molecule has 1 aliphatic heterocycles. The van der Waals surface area contributed by atoms with E-state index in [0.29, 0.717) is 17.0 Å². The molecule has 1 saturated heterocycles. The molecule has 1 atom stereocenters. The van der Waals surface area contributed by atoms with Crippen molar-refractivity contribution in [2.24, 2.45) is 0 Å². The van der Waals surface area contributed by atoms with Crippen LogP contribution in [0.4, 0.5) is 4.79 Å². The van der Waals surface area contributed by atoms with Gasteiger partial charge in [0.25, 0.3) is 5.91 Å². The van der Waals surface area contributed by atoms with E-state index in [1.54, 1.807) is 44.2 Å². The first-order valence-electron chi connectivity index (χ1n) is 7.67. The Morgan fingerprint density at radius 2 is 2.04 bits per heavy atom. The molecule has 8 nitrogen and oxygen atoms in total. The highest BCUT2D eigenvalue weighted by Crippen LogP contribution is 2.28. The number of carbonyl (C=O) groups excluding carboxylic acids is 3. The van der Waals surface area contributed by atoms with Crippen LogP contribution in [0, 0.1) is 6.92 Å². The lowest BCUT2D eigenvalue weighted by molar-refractivity contribution is -0.149. The average Bonchev–Trinajstić information content (AvgIpc) is 3.11. The number of esters is 1. The Morgan fingerprint density at radius 1 is 1.32 bits per heavy atom. The first-order chi connectivity index (χ1) is 11.9. The van der Waals surface area contributed by atoms with Gasteiger partial charge in [-0.3, -0.25) is 14.5 Å².